The van der Waals surface area contributed by atoms with Gasteiger partial charge in [-0.1, -0.05) is 30.3 Å². The van der Waals surface area contributed by atoms with Gasteiger partial charge in [0.15, 0.2) is 0 Å². The van der Waals surface area contributed by atoms with Gasteiger partial charge in [-0.2, -0.15) is 0 Å². The standard InChI is InChI=1S/C14H23NOS/c1-13(15)10-12-17(16)11-6-5-9-14-7-3-2-4-8-14/h2-4,7-8,13H,5-6,9-12,15H2,1H3. The molecule has 1 aromatic rings. The molecular weight excluding hydrogens is 230 g/mol. The van der Waals surface area contributed by atoms with Crippen LogP contribution < -0.4 is 5.73 Å². The maximum atomic E-state index is 11.6. The highest BCUT2D eigenvalue weighted by molar-refractivity contribution is 7.84. The van der Waals surface area contributed by atoms with Gasteiger partial charge in [0.1, 0.15) is 0 Å². The molecule has 2 N–H and O–H groups in total. The van der Waals surface area contributed by atoms with E-state index in [1.165, 1.54) is 5.56 Å². The number of rotatable bonds is 8. The molecule has 0 aromatic heterocycles. The largest absolute Gasteiger partial charge is 0.328 e. The van der Waals surface area contributed by atoms with E-state index < -0.39 is 10.8 Å². The third kappa shape index (κ3) is 7.29. The fourth-order valence-electron chi connectivity index (χ4n) is 1.66. The van der Waals surface area contributed by atoms with Gasteiger partial charge in [0, 0.05) is 28.3 Å². The number of nitrogens with two attached hydrogens (primary N) is 1. The summed E-state index contributed by atoms with van der Waals surface area (Å²) in [7, 11) is -0.678. The molecule has 0 aliphatic carbocycles. The Bertz CT molecular complexity index is 324. The number of unbranched alkanes of at least 4 members (excludes halogenated alkanes) is 1. The van der Waals surface area contributed by atoms with E-state index >= 15 is 0 Å². The molecule has 0 saturated carbocycles. The van der Waals surface area contributed by atoms with Crippen LogP contribution in [0.5, 0.6) is 0 Å². The highest BCUT2D eigenvalue weighted by Gasteiger charge is 2.02. The normalized spacial score (nSPS) is 14.5. The van der Waals surface area contributed by atoms with Crippen LogP contribution in [0.25, 0.3) is 0 Å². The lowest BCUT2D eigenvalue weighted by Crippen LogP contribution is -2.18. The summed E-state index contributed by atoms with van der Waals surface area (Å²) in [5, 5.41) is 0. The predicted molar refractivity (Wildman–Crippen MR) is 75.5 cm³/mol. The zero-order chi connectivity index (χ0) is 12.5. The number of benzene rings is 1. The molecule has 0 spiro atoms. The van der Waals surface area contributed by atoms with Crippen LogP contribution in [-0.4, -0.2) is 21.8 Å². The highest BCUT2D eigenvalue weighted by atomic mass is 32.2. The molecule has 0 aliphatic rings. The molecule has 0 bridgehead atoms. The third-order valence-electron chi connectivity index (χ3n) is 2.73. The summed E-state index contributed by atoms with van der Waals surface area (Å²) in [5.74, 6) is 1.57. The second kappa shape index (κ2) is 8.43. The Hall–Kier alpha value is -0.670. The topological polar surface area (TPSA) is 43.1 Å². The second-order valence-corrected chi connectivity index (χ2v) is 6.25. The van der Waals surface area contributed by atoms with E-state index in [1.807, 2.05) is 13.0 Å². The first-order chi connectivity index (χ1) is 8.18. The van der Waals surface area contributed by atoms with E-state index in [-0.39, 0.29) is 6.04 Å². The van der Waals surface area contributed by atoms with Gasteiger partial charge >= 0.3 is 0 Å². The molecule has 0 fully saturated rings. The summed E-state index contributed by atoms with van der Waals surface area (Å²) in [6, 6.07) is 10.6. The lowest BCUT2D eigenvalue weighted by molar-refractivity contribution is 0.663. The van der Waals surface area contributed by atoms with E-state index in [1.54, 1.807) is 0 Å². The number of hydrogen-bond acceptors (Lipinski definition) is 2. The van der Waals surface area contributed by atoms with Gasteiger partial charge < -0.3 is 5.73 Å². The Morgan fingerprint density at radius 1 is 1.18 bits per heavy atom. The fourth-order valence-corrected chi connectivity index (χ4v) is 3.02. The van der Waals surface area contributed by atoms with Crippen LogP contribution in [0.2, 0.25) is 0 Å². The van der Waals surface area contributed by atoms with Crippen molar-refractivity contribution in [3.63, 3.8) is 0 Å². The molecule has 1 rings (SSSR count). The number of hydrogen-bond donors (Lipinski definition) is 1. The minimum Gasteiger partial charge on any atom is -0.328 e. The SMILES string of the molecule is CC(N)CCS(=O)CCCCc1ccccc1. The molecule has 0 amide bonds. The molecule has 0 aliphatic heterocycles. The summed E-state index contributed by atoms with van der Waals surface area (Å²) >= 11 is 0. The Kier molecular flexibility index (Phi) is 7.13. The van der Waals surface area contributed by atoms with Crippen molar-refractivity contribution in [2.24, 2.45) is 5.73 Å². The van der Waals surface area contributed by atoms with Gasteiger partial charge in [0.05, 0.1) is 0 Å². The Labute approximate surface area is 107 Å². The van der Waals surface area contributed by atoms with Crippen LogP contribution >= 0.6 is 0 Å². The van der Waals surface area contributed by atoms with E-state index in [0.29, 0.717) is 0 Å². The average molecular weight is 253 g/mol. The van der Waals surface area contributed by atoms with Crippen LogP contribution in [0, 0.1) is 0 Å². The van der Waals surface area contributed by atoms with Crippen molar-refractivity contribution < 1.29 is 4.21 Å². The van der Waals surface area contributed by atoms with Gasteiger partial charge in [-0.15, -0.1) is 0 Å². The third-order valence-corrected chi connectivity index (χ3v) is 4.17. The van der Waals surface area contributed by atoms with Crippen molar-refractivity contribution in [2.45, 2.75) is 38.6 Å². The zero-order valence-corrected chi connectivity index (χ0v) is 11.4. The van der Waals surface area contributed by atoms with E-state index in [0.717, 1.165) is 37.2 Å². The lowest BCUT2D eigenvalue weighted by atomic mass is 10.1. The van der Waals surface area contributed by atoms with Crippen molar-refractivity contribution in [1.82, 2.24) is 0 Å². The quantitative estimate of drug-likeness (QED) is 0.723. The van der Waals surface area contributed by atoms with Crippen LogP contribution in [0.4, 0.5) is 0 Å². The van der Waals surface area contributed by atoms with Crippen LogP contribution in [0.3, 0.4) is 0 Å². The van der Waals surface area contributed by atoms with Gasteiger partial charge in [0.2, 0.25) is 0 Å². The maximum Gasteiger partial charge on any atom is 0.0249 e. The smallest absolute Gasteiger partial charge is 0.0249 e. The average Bonchev–Trinajstić information content (AvgIpc) is 2.33. The Morgan fingerprint density at radius 2 is 1.88 bits per heavy atom. The van der Waals surface area contributed by atoms with Gasteiger partial charge in [-0.05, 0) is 38.2 Å². The lowest BCUT2D eigenvalue weighted by Gasteiger charge is -2.05. The van der Waals surface area contributed by atoms with Gasteiger partial charge in [-0.25, -0.2) is 0 Å². The molecule has 0 heterocycles. The van der Waals surface area contributed by atoms with Crippen molar-refractivity contribution in [1.29, 1.82) is 0 Å². The minimum absolute atomic E-state index is 0.170. The van der Waals surface area contributed by atoms with Crippen molar-refractivity contribution in [3.05, 3.63) is 35.9 Å². The summed E-state index contributed by atoms with van der Waals surface area (Å²) in [6.07, 6.45) is 4.12. The van der Waals surface area contributed by atoms with E-state index in [2.05, 4.69) is 24.3 Å². The predicted octanol–water partition coefficient (Wildman–Crippen LogP) is 2.50. The van der Waals surface area contributed by atoms with Crippen molar-refractivity contribution >= 4 is 10.8 Å². The van der Waals surface area contributed by atoms with Crippen molar-refractivity contribution in [3.8, 4) is 0 Å². The summed E-state index contributed by atoms with van der Waals surface area (Å²) in [4.78, 5) is 0. The van der Waals surface area contributed by atoms with Gasteiger partial charge in [-0.3, -0.25) is 4.21 Å². The zero-order valence-electron chi connectivity index (χ0n) is 10.6. The molecule has 2 atom stereocenters. The fraction of sp³-hybridized carbons (Fsp3) is 0.571. The first-order valence-electron chi connectivity index (χ1n) is 6.33. The maximum absolute atomic E-state index is 11.6. The molecule has 0 radical (unpaired) electrons. The van der Waals surface area contributed by atoms with Gasteiger partial charge in [0.25, 0.3) is 0 Å². The van der Waals surface area contributed by atoms with E-state index in [4.69, 9.17) is 5.73 Å². The summed E-state index contributed by atoms with van der Waals surface area (Å²) in [6.45, 7) is 1.96. The van der Waals surface area contributed by atoms with Crippen molar-refractivity contribution in [2.75, 3.05) is 11.5 Å². The molecule has 2 nitrogen and oxygen atoms in total. The second-order valence-electron chi connectivity index (χ2n) is 4.56. The molecular formula is C14H23NOS. The number of aryl methyl sites for hydroxylation is 1. The monoisotopic (exact) mass is 253 g/mol. The van der Waals surface area contributed by atoms with Crippen LogP contribution in [0.1, 0.15) is 31.7 Å². The molecule has 96 valence electrons. The molecule has 17 heavy (non-hydrogen) atoms. The molecule has 2 unspecified atom stereocenters. The first kappa shape index (κ1) is 14.4. The summed E-state index contributed by atoms with van der Waals surface area (Å²) in [5.41, 5.74) is 7.01. The Balaban J connectivity index is 2.06. The van der Waals surface area contributed by atoms with Crippen LogP contribution in [0.15, 0.2) is 30.3 Å². The van der Waals surface area contributed by atoms with E-state index in [9.17, 15) is 4.21 Å². The Morgan fingerprint density at radius 3 is 2.53 bits per heavy atom. The summed E-state index contributed by atoms with van der Waals surface area (Å²) < 4.78 is 11.6. The molecule has 0 saturated heterocycles. The highest BCUT2D eigenvalue weighted by Crippen LogP contribution is 2.05. The first-order valence-corrected chi connectivity index (χ1v) is 7.82. The van der Waals surface area contributed by atoms with Crippen LogP contribution in [-0.2, 0) is 17.2 Å². The molecule has 1 aromatic carbocycles. The minimum atomic E-state index is -0.678. The molecule has 3 heteroatoms.